The highest BCUT2D eigenvalue weighted by Gasteiger charge is 2.15. The van der Waals surface area contributed by atoms with Crippen LogP contribution in [0.1, 0.15) is 56.7 Å². The summed E-state index contributed by atoms with van der Waals surface area (Å²) in [4.78, 5) is 2.54. The summed E-state index contributed by atoms with van der Waals surface area (Å²) in [6.07, 6.45) is 11.2. The van der Waals surface area contributed by atoms with E-state index in [0.29, 0.717) is 12.6 Å². The van der Waals surface area contributed by atoms with Gasteiger partial charge in [-0.1, -0.05) is 19.3 Å². The molecular formula is C18H32N4O. The zero-order chi connectivity index (χ0) is 15.7. The molecule has 0 amide bonds. The maximum atomic E-state index is 5.80. The van der Waals surface area contributed by atoms with Crippen LogP contribution in [0.2, 0.25) is 0 Å². The molecule has 5 heteroatoms. The second kappa shape index (κ2) is 9.40. The molecule has 1 N–H and O–H groups in total. The second-order valence-electron chi connectivity index (χ2n) is 6.93. The van der Waals surface area contributed by atoms with Gasteiger partial charge in [0.1, 0.15) is 0 Å². The number of nitrogens with one attached hydrogen (secondary N) is 1. The number of rotatable bonds is 8. The largest absolute Gasteiger partial charge is 0.375 e. The molecule has 0 spiro atoms. The molecule has 0 bridgehead atoms. The SMILES string of the molecule is c1cn(C2CCCCC2)nc1COCCCCN1CCNCC1. The van der Waals surface area contributed by atoms with Crippen LogP contribution < -0.4 is 5.32 Å². The third-order valence-corrected chi connectivity index (χ3v) is 5.08. The highest BCUT2D eigenvalue weighted by molar-refractivity contribution is 4.98. The fraction of sp³-hybridized carbons (Fsp3) is 0.833. The number of unbranched alkanes of at least 4 members (excludes halogenated alkanes) is 1. The number of nitrogens with zero attached hydrogens (tertiary/aromatic N) is 3. The minimum atomic E-state index is 0.622. The van der Waals surface area contributed by atoms with Gasteiger partial charge in [0.15, 0.2) is 0 Å². The minimum absolute atomic E-state index is 0.622. The Morgan fingerprint density at radius 3 is 2.78 bits per heavy atom. The quantitative estimate of drug-likeness (QED) is 0.748. The Kier molecular flexibility index (Phi) is 6.92. The fourth-order valence-electron chi connectivity index (χ4n) is 3.65. The number of ether oxygens (including phenoxy) is 1. The van der Waals surface area contributed by atoms with E-state index in [1.165, 1.54) is 58.2 Å². The number of piperazine rings is 1. The van der Waals surface area contributed by atoms with E-state index in [4.69, 9.17) is 9.84 Å². The lowest BCUT2D eigenvalue weighted by Gasteiger charge is -2.26. The molecule has 0 unspecified atom stereocenters. The third kappa shape index (κ3) is 5.59. The van der Waals surface area contributed by atoms with Crippen LogP contribution in [-0.2, 0) is 11.3 Å². The topological polar surface area (TPSA) is 42.3 Å². The van der Waals surface area contributed by atoms with Gasteiger partial charge in [-0.15, -0.1) is 0 Å². The van der Waals surface area contributed by atoms with Crippen molar-refractivity contribution in [1.82, 2.24) is 20.0 Å². The van der Waals surface area contributed by atoms with Crippen molar-refractivity contribution in [2.45, 2.75) is 57.6 Å². The molecule has 2 heterocycles. The lowest BCUT2D eigenvalue weighted by atomic mass is 9.96. The van der Waals surface area contributed by atoms with E-state index in [-0.39, 0.29) is 0 Å². The smallest absolute Gasteiger partial charge is 0.0906 e. The van der Waals surface area contributed by atoms with Crippen molar-refractivity contribution >= 4 is 0 Å². The van der Waals surface area contributed by atoms with E-state index in [1.807, 2.05) is 0 Å². The van der Waals surface area contributed by atoms with Crippen LogP contribution in [0.3, 0.4) is 0 Å². The normalized spacial score (nSPS) is 20.9. The molecule has 2 aliphatic rings. The second-order valence-corrected chi connectivity index (χ2v) is 6.93. The van der Waals surface area contributed by atoms with Crippen molar-refractivity contribution in [2.24, 2.45) is 0 Å². The summed E-state index contributed by atoms with van der Waals surface area (Å²) < 4.78 is 7.97. The Morgan fingerprint density at radius 1 is 1.13 bits per heavy atom. The van der Waals surface area contributed by atoms with Crippen molar-refractivity contribution in [3.05, 3.63) is 18.0 Å². The number of aromatic nitrogens is 2. The third-order valence-electron chi connectivity index (χ3n) is 5.08. The molecule has 3 rings (SSSR count). The summed E-state index contributed by atoms with van der Waals surface area (Å²) >= 11 is 0. The summed E-state index contributed by atoms with van der Waals surface area (Å²) in [7, 11) is 0. The van der Waals surface area contributed by atoms with Gasteiger partial charge in [0.25, 0.3) is 0 Å². The summed E-state index contributed by atoms with van der Waals surface area (Å²) in [5, 5.41) is 8.10. The first kappa shape index (κ1) is 16.9. The van der Waals surface area contributed by atoms with Crippen LogP contribution in [0.5, 0.6) is 0 Å². The Morgan fingerprint density at radius 2 is 1.96 bits per heavy atom. The van der Waals surface area contributed by atoms with E-state index in [1.54, 1.807) is 0 Å². The van der Waals surface area contributed by atoms with E-state index < -0.39 is 0 Å². The molecule has 130 valence electrons. The molecule has 0 aromatic carbocycles. The van der Waals surface area contributed by atoms with Gasteiger partial charge in [-0.25, -0.2) is 0 Å². The molecule has 1 aromatic heterocycles. The van der Waals surface area contributed by atoms with Gasteiger partial charge in [0.05, 0.1) is 18.3 Å². The summed E-state index contributed by atoms with van der Waals surface area (Å²) in [5.74, 6) is 0. The first-order valence-corrected chi connectivity index (χ1v) is 9.47. The first-order chi connectivity index (χ1) is 11.4. The van der Waals surface area contributed by atoms with Gasteiger partial charge in [0, 0.05) is 39.0 Å². The Hall–Kier alpha value is -0.910. The van der Waals surface area contributed by atoms with Crippen LogP contribution in [-0.4, -0.2) is 54.0 Å². The lowest BCUT2D eigenvalue weighted by molar-refractivity contribution is 0.110. The predicted molar refractivity (Wildman–Crippen MR) is 92.5 cm³/mol. The molecule has 1 aromatic rings. The van der Waals surface area contributed by atoms with E-state index in [2.05, 4.69) is 27.2 Å². The van der Waals surface area contributed by atoms with Crippen LogP contribution in [0.25, 0.3) is 0 Å². The van der Waals surface area contributed by atoms with E-state index in [0.717, 1.165) is 31.8 Å². The highest BCUT2D eigenvalue weighted by atomic mass is 16.5. The van der Waals surface area contributed by atoms with Gasteiger partial charge in [-0.05, 0) is 38.3 Å². The summed E-state index contributed by atoms with van der Waals surface area (Å²) in [6.45, 7) is 7.39. The van der Waals surface area contributed by atoms with Gasteiger partial charge < -0.3 is 15.0 Å². The minimum Gasteiger partial charge on any atom is -0.375 e. The van der Waals surface area contributed by atoms with Crippen molar-refractivity contribution in [1.29, 1.82) is 0 Å². The Labute approximate surface area is 140 Å². The first-order valence-electron chi connectivity index (χ1n) is 9.47. The van der Waals surface area contributed by atoms with Crippen LogP contribution in [0.4, 0.5) is 0 Å². The zero-order valence-corrected chi connectivity index (χ0v) is 14.4. The Bertz CT molecular complexity index is 436. The average molecular weight is 320 g/mol. The number of hydrogen-bond donors (Lipinski definition) is 1. The molecule has 0 atom stereocenters. The molecule has 5 nitrogen and oxygen atoms in total. The predicted octanol–water partition coefficient (Wildman–Crippen LogP) is 2.59. The molecule has 0 radical (unpaired) electrons. The van der Waals surface area contributed by atoms with Crippen molar-refractivity contribution in [2.75, 3.05) is 39.3 Å². The van der Waals surface area contributed by atoms with Crippen LogP contribution in [0.15, 0.2) is 12.3 Å². The maximum absolute atomic E-state index is 5.80. The monoisotopic (exact) mass is 320 g/mol. The maximum Gasteiger partial charge on any atom is 0.0906 e. The standard InChI is InChI=1S/C18H32N4O/c1-2-6-18(7-3-1)22-12-8-17(20-22)16-23-15-5-4-11-21-13-9-19-10-14-21/h8,12,18-19H,1-7,9-11,13-16H2. The Balaban J connectivity index is 1.26. The van der Waals surface area contributed by atoms with Crippen molar-refractivity contribution in [3.8, 4) is 0 Å². The highest BCUT2D eigenvalue weighted by Crippen LogP contribution is 2.27. The van der Waals surface area contributed by atoms with Crippen molar-refractivity contribution in [3.63, 3.8) is 0 Å². The molecule has 1 saturated carbocycles. The molecule has 1 aliphatic carbocycles. The molecular weight excluding hydrogens is 288 g/mol. The van der Waals surface area contributed by atoms with Gasteiger partial charge in [-0.3, -0.25) is 4.68 Å². The fourth-order valence-corrected chi connectivity index (χ4v) is 3.65. The van der Waals surface area contributed by atoms with Gasteiger partial charge in [-0.2, -0.15) is 5.10 Å². The molecule has 1 aliphatic heterocycles. The van der Waals surface area contributed by atoms with E-state index in [9.17, 15) is 0 Å². The summed E-state index contributed by atoms with van der Waals surface area (Å²) in [5.41, 5.74) is 1.08. The summed E-state index contributed by atoms with van der Waals surface area (Å²) in [6, 6.07) is 2.74. The van der Waals surface area contributed by atoms with E-state index >= 15 is 0 Å². The molecule has 23 heavy (non-hydrogen) atoms. The van der Waals surface area contributed by atoms with Gasteiger partial charge in [0.2, 0.25) is 0 Å². The number of hydrogen-bond acceptors (Lipinski definition) is 4. The molecule has 2 fully saturated rings. The van der Waals surface area contributed by atoms with Crippen molar-refractivity contribution < 1.29 is 4.74 Å². The lowest BCUT2D eigenvalue weighted by Crippen LogP contribution is -2.43. The molecule has 1 saturated heterocycles. The zero-order valence-electron chi connectivity index (χ0n) is 14.4. The average Bonchev–Trinajstić information content (AvgIpc) is 3.09. The van der Waals surface area contributed by atoms with Gasteiger partial charge >= 0.3 is 0 Å². The van der Waals surface area contributed by atoms with Crippen LogP contribution in [0, 0.1) is 0 Å². The van der Waals surface area contributed by atoms with Crippen LogP contribution >= 0.6 is 0 Å².